The van der Waals surface area contributed by atoms with Crippen LogP contribution in [0, 0.1) is 52.3 Å². The molecule has 5 fully saturated rings. The van der Waals surface area contributed by atoms with Crippen LogP contribution in [-0.4, -0.2) is 84.4 Å². The summed E-state index contributed by atoms with van der Waals surface area (Å²) >= 11 is 0. The quantitative estimate of drug-likeness (QED) is 0.119. The lowest BCUT2D eigenvalue weighted by molar-refractivity contribution is -0.272. The molecule has 1 amide bonds. The van der Waals surface area contributed by atoms with Crippen LogP contribution < -0.4 is 5.32 Å². The second-order valence-electron chi connectivity index (χ2n) is 18.8. The molecule has 1 N–H and O–H groups in total. The molecule has 11 heteroatoms. The van der Waals surface area contributed by atoms with E-state index < -0.39 is 0 Å². The second-order valence-corrected chi connectivity index (χ2v) is 18.8. The van der Waals surface area contributed by atoms with Crippen molar-refractivity contribution in [1.29, 1.82) is 0 Å². The van der Waals surface area contributed by atoms with Crippen LogP contribution in [0.4, 0.5) is 0 Å². The highest BCUT2D eigenvalue weighted by Gasteiger charge is 2.68. The number of ether oxygens (including phenoxy) is 5. The van der Waals surface area contributed by atoms with Gasteiger partial charge in [-0.15, -0.1) is 5.10 Å². The maximum Gasteiger partial charge on any atom is 0.306 e. The van der Waals surface area contributed by atoms with Crippen molar-refractivity contribution in [3.8, 4) is 0 Å². The highest BCUT2D eigenvalue weighted by Crippen LogP contribution is 2.70. The minimum Gasteiger partial charge on any atom is -0.462 e. The molecule has 1 aromatic rings. The predicted octanol–water partition coefficient (Wildman–Crippen LogP) is 6.68. The van der Waals surface area contributed by atoms with E-state index in [4.69, 9.17) is 23.7 Å². The zero-order valence-electron chi connectivity index (χ0n) is 34.0. The molecule has 2 aliphatic heterocycles. The summed E-state index contributed by atoms with van der Waals surface area (Å²) in [6.07, 6.45) is 15.7. The molecule has 302 valence electrons. The molecule has 0 bridgehead atoms. The molecule has 2 saturated heterocycles. The first-order valence-electron chi connectivity index (χ1n) is 21.4. The molecule has 1 aromatic heterocycles. The fourth-order valence-electron chi connectivity index (χ4n) is 12.0. The molecule has 0 aromatic carbocycles. The monoisotopic (exact) mass is 753 g/mol. The summed E-state index contributed by atoms with van der Waals surface area (Å²) in [6, 6.07) is 0. The molecule has 3 saturated carbocycles. The summed E-state index contributed by atoms with van der Waals surface area (Å²) in [6.45, 7) is 17.9. The largest absolute Gasteiger partial charge is 0.462 e. The van der Waals surface area contributed by atoms with Gasteiger partial charge in [0.25, 0.3) is 0 Å². The fraction of sp³-hybridized carbons (Fsp3) is 0.860. The van der Waals surface area contributed by atoms with Gasteiger partial charge in [-0.25, -0.2) is 4.68 Å². The minimum atomic E-state index is -0.359. The number of allylic oxidation sites excluding steroid dienone is 1. The van der Waals surface area contributed by atoms with Crippen LogP contribution in [0.3, 0.4) is 0 Å². The number of nitrogens with zero attached hydrogens (tertiary/aromatic N) is 3. The van der Waals surface area contributed by atoms with Crippen LogP contribution in [0.15, 0.2) is 17.8 Å². The van der Waals surface area contributed by atoms with Crippen molar-refractivity contribution in [3.63, 3.8) is 0 Å². The topological polar surface area (TPSA) is 123 Å². The van der Waals surface area contributed by atoms with E-state index in [0.717, 1.165) is 50.8 Å². The summed E-state index contributed by atoms with van der Waals surface area (Å²) in [5.41, 5.74) is 2.98. The average molecular weight is 753 g/mol. The van der Waals surface area contributed by atoms with Gasteiger partial charge in [0.2, 0.25) is 5.91 Å². The maximum absolute atomic E-state index is 12.8. The Kier molecular flexibility index (Phi) is 12.3. The molecule has 11 atom stereocenters. The van der Waals surface area contributed by atoms with Crippen LogP contribution in [0.5, 0.6) is 0 Å². The molecule has 3 heterocycles. The Labute approximate surface area is 323 Å². The maximum atomic E-state index is 12.8. The van der Waals surface area contributed by atoms with Crippen molar-refractivity contribution in [2.45, 2.75) is 143 Å². The van der Waals surface area contributed by atoms with Gasteiger partial charge in [-0.2, -0.15) is 0 Å². The van der Waals surface area contributed by atoms with Crippen molar-refractivity contribution in [3.05, 3.63) is 23.5 Å². The lowest BCUT2D eigenvalue weighted by Crippen LogP contribution is -2.52. The summed E-state index contributed by atoms with van der Waals surface area (Å²) in [4.78, 5) is 25.3. The highest BCUT2D eigenvalue weighted by molar-refractivity contribution is 5.81. The van der Waals surface area contributed by atoms with E-state index in [0.29, 0.717) is 92.5 Å². The Morgan fingerprint density at radius 3 is 2.61 bits per heavy atom. The van der Waals surface area contributed by atoms with Crippen molar-refractivity contribution >= 4 is 11.9 Å². The van der Waals surface area contributed by atoms with Crippen LogP contribution in [-0.2, 0) is 46.2 Å². The first-order chi connectivity index (χ1) is 25.9. The summed E-state index contributed by atoms with van der Waals surface area (Å²) in [5.74, 6) is 3.46. The van der Waals surface area contributed by atoms with Gasteiger partial charge in [0.1, 0.15) is 6.10 Å². The van der Waals surface area contributed by atoms with Gasteiger partial charge in [-0.05, 0) is 97.7 Å². The highest BCUT2D eigenvalue weighted by atomic mass is 16.7. The van der Waals surface area contributed by atoms with E-state index >= 15 is 0 Å². The SMILES string of the molecule is CC(C)Cc1cn(CCOCCOCCNC(=O)CCC(=O)O[C@H]2CC[C@@]3(C)C(=CC[C@H]4[C@@H]5C[C@@H]6O[C@]7(CC[C@@H](C)CO7)[C@@H](C)[C@@H]6[C@@]5(C)CC[C@@H]43)C2)nn1. The molecule has 54 heavy (non-hydrogen) atoms. The zero-order chi connectivity index (χ0) is 38.1. The smallest absolute Gasteiger partial charge is 0.306 e. The predicted molar refractivity (Wildman–Crippen MR) is 204 cm³/mol. The normalized spacial score (nSPS) is 38.4. The zero-order valence-corrected chi connectivity index (χ0v) is 34.0. The Bertz CT molecular complexity index is 1490. The van der Waals surface area contributed by atoms with E-state index in [1.165, 1.54) is 31.3 Å². The third kappa shape index (κ3) is 8.21. The fourth-order valence-corrected chi connectivity index (χ4v) is 12.0. The first-order valence-corrected chi connectivity index (χ1v) is 21.4. The average Bonchev–Trinajstić information content (AvgIpc) is 3.78. The Morgan fingerprint density at radius 1 is 1.02 bits per heavy atom. The van der Waals surface area contributed by atoms with Crippen molar-refractivity contribution < 1.29 is 33.3 Å². The van der Waals surface area contributed by atoms with E-state index in [-0.39, 0.29) is 42.0 Å². The van der Waals surface area contributed by atoms with E-state index in [9.17, 15) is 9.59 Å². The number of carbonyl (C=O) groups is 2. The van der Waals surface area contributed by atoms with Crippen molar-refractivity contribution in [1.82, 2.24) is 20.3 Å². The number of hydrogen-bond acceptors (Lipinski definition) is 9. The first kappa shape index (κ1) is 39.9. The van der Waals surface area contributed by atoms with E-state index in [1.54, 1.807) is 4.68 Å². The van der Waals surface area contributed by atoms with Crippen LogP contribution >= 0.6 is 0 Å². The molecular formula is C43H68N4O7. The summed E-state index contributed by atoms with van der Waals surface area (Å²) in [7, 11) is 0. The lowest BCUT2D eigenvalue weighted by Gasteiger charge is -2.58. The van der Waals surface area contributed by atoms with Gasteiger partial charge in [-0.1, -0.05) is 58.4 Å². The van der Waals surface area contributed by atoms with Gasteiger partial charge in [-0.3, -0.25) is 9.59 Å². The van der Waals surface area contributed by atoms with Gasteiger partial charge in [0, 0.05) is 37.9 Å². The number of rotatable bonds is 15. The van der Waals surface area contributed by atoms with Crippen molar-refractivity contribution in [2.75, 3.05) is 39.6 Å². The Balaban J connectivity index is 0.785. The van der Waals surface area contributed by atoms with Gasteiger partial charge >= 0.3 is 5.97 Å². The van der Waals surface area contributed by atoms with Gasteiger partial charge < -0.3 is 29.0 Å². The molecule has 0 unspecified atom stereocenters. The van der Waals surface area contributed by atoms with E-state index in [1.807, 2.05) is 6.20 Å². The number of carbonyl (C=O) groups excluding carboxylic acids is 2. The third-order valence-corrected chi connectivity index (χ3v) is 14.8. The number of hydrogen-bond donors (Lipinski definition) is 1. The third-order valence-electron chi connectivity index (χ3n) is 14.8. The number of esters is 1. The van der Waals surface area contributed by atoms with Crippen LogP contribution in [0.2, 0.25) is 0 Å². The second kappa shape index (κ2) is 16.6. The standard InChI is InChI=1S/C43H68N4O7/c1-28(2)23-32-26-47(46-45-32)18-20-51-22-21-50-19-17-44-38(48)9-10-39(49)53-33-12-14-41(5)31(24-33)7-8-34-35(41)13-15-42(6)36(34)25-37-40(42)30(4)43(54-37)16-11-29(3)27-52-43/h7,26,28-30,33-37,40H,8-25,27H2,1-6H3,(H,44,48)/t29-,30+,33+,34-,35+,36+,37+,40+,41+,42+,43-/m1/s1. The molecule has 6 aliphatic rings. The number of fused-ring (bicyclic) bond motifs is 7. The van der Waals surface area contributed by atoms with Gasteiger partial charge in [0.05, 0.1) is 57.8 Å². The van der Waals surface area contributed by atoms with E-state index in [2.05, 4.69) is 63.2 Å². The molecule has 0 radical (unpaired) electrons. The van der Waals surface area contributed by atoms with Gasteiger partial charge in [0.15, 0.2) is 5.79 Å². The number of aromatic nitrogens is 3. The lowest BCUT2D eigenvalue weighted by atomic mass is 9.47. The number of nitrogens with one attached hydrogen (secondary N) is 1. The minimum absolute atomic E-state index is 0.0945. The Hall–Kier alpha value is -2.34. The van der Waals surface area contributed by atoms with Crippen LogP contribution in [0.1, 0.15) is 118 Å². The van der Waals surface area contributed by atoms with Crippen LogP contribution in [0.25, 0.3) is 0 Å². The summed E-state index contributed by atoms with van der Waals surface area (Å²) < 4.78 is 32.5. The van der Waals surface area contributed by atoms with Crippen molar-refractivity contribution in [2.24, 2.45) is 52.3 Å². The molecule has 7 rings (SSSR count). The Morgan fingerprint density at radius 2 is 1.83 bits per heavy atom. The molecular weight excluding hydrogens is 684 g/mol. The summed E-state index contributed by atoms with van der Waals surface area (Å²) in [5, 5.41) is 11.2. The molecule has 1 spiro atoms. The number of amides is 1. The molecule has 4 aliphatic carbocycles. The molecule has 11 nitrogen and oxygen atoms in total.